The van der Waals surface area contributed by atoms with Crippen molar-refractivity contribution in [1.82, 2.24) is 10.3 Å². The number of pyridine rings is 1. The van der Waals surface area contributed by atoms with E-state index in [9.17, 15) is 9.59 Å². The highest BCUT2D eigenvalue weighted by Crippen LogP contribution is 2.13. The minimum atomic E-state index is -0.646. The molecule has 2 amide bonds. The molecule has 1 heterocycles. The minimum Gasteiger partial charge on any atom is -0.497 e. The van der Waals surface area contributed by atoms with Crippen molar-refractivity contribution in [2.75, 3.05) is 12.4 Å². The molecular weight excluding hydrogens is 306 g/mol. The van der Waals surface area contributed by atoms with Crippen molar-refractivity contribution in [3.63, 3.8) is 0 Å². The lowest BCUT2D eigenvalue weighted by molar-refractivity contribution is -0.118. The fraction of sp³-hybridized carbons (Fsp3) is 0.278. The normalized spacial score (nSPS) is 11.7. The van der Waals surface area contributed by atoms with Gasteiger partial charge in [0.15, 0.2) is 0 Å². The summed E-state index contributed by atoms with van der Waals surface area (Å²) >= 11 is 0. The maximum atomic E-state index is 12.5. The van der Waals surface area contributed by atoms with Crippen LogP contribution in [0.4, 0.5) is 5.69 Å². The van der Waals surface area contributed by atoms with Crippen LogP contribution in [0, 0.1) is 5.92 Å². The molecule has 0 aliphatic heterocycles. The van der Waals surface area contributed by atoms with Crippen LogP contribution in [-0.4, -0.2) is 29.9 Å². The van der Waals surface area contributed by atoms with Crippen LogP contribution < -0.4 is 15.4 Å². The van der Waals surface area contributed by atoms with E-state index in [1.165, 1.54) is 0 Å². The van der Waals surface area contributed by atoms with Crippen molar-refractivity contribution in [3.05, 3.63) is 54.4 Å². The third kappa shape index (κ3) is 4.55. The number of hydrogen-bond acceptors (Lipinski definition) is 4. The molecular formula is C18H21N3O3. The van der Waals surface area contributed by atoms with Crippen LogP contribution in [0.3, 0.4) is 0 Å². The van der Waals surface area contributed by atoms with E-state index in [-0.39, 0.29) is 17.7 Å². The Bertz CT molecular complexity index is 684. The quantitative estimate of drug-likeness (QED) is 0.854. The van der Waals surface area contributed by atoms with Gasteiger partial charge >= 0.3 is 0 Å². The van der Waals surface area contributed by atoms with Crippen molar-refractivity contribution in [2.45, 2.75) is 19.9 Å². The van der Waals surface area contributed by atoms with Crippen molar-refractivity contribution >= 4 is 17.5 Å². The number of nitrogens with zero attached hydrogens (tertiary/aromatic N) is 1. The Hall–Kier alpha value is -2.89. The van der Waals surface area contributed by atoms with Crippen LogP contribution in [0.5, 0.6) is 5.75 Å². The number of hydrogen-bond donors (Lipinski definition) is 2. The SMILES string of the molecule is COc1ccc(C(=O)NC(C(=O)Nc2ccncc2)C(C)C)cc1. The lowest BCUT2D eigenvalue weighted by Crippen LogP contribution is -2.47. The van der Waals surface area contributed by atoms with Crippen molar-refractivity contribution in [3.8, 4) is 5.75 Å². The molecule has 0 bridgehead atoms. The van der Waals surface area contributed by atoms with E-state index >= 15 is 0 Å². The fourth-order valence-corrected chi connectivity index (χ4v) is 2.16. The highest BCUT2D eigenvalue weighted by Gasteiger charge is 2.24. The third-order valence-corrected chi connectivity index (χ3v) is 3.54. The van der Waals surface area contributed by atoms with Gasteiger partial charge in [-0.3, -0.25) is 14.6 Å². The molecule has 0 aliphatic carbocycles. The molecule has 0 aliphatic rings. The van der Waals surface area contributed by atoms with Crippen LogP contribution in [0.1, 0.15) is 24.2 Å². The molecule has 0 saturated heterocycles. The Balaban J connectivity index is 2.06. The predicted molar refractivity (Wildman–Crippen MR) is 92.0 cm³/mol. The van der Waals surface area contributed by atoms with Crippen LogP contribution in [0.2, 0.25) is 0 Å². The molecule has 2 aromatic rings. The number of carbonyl (C=O) groups excluding carboxylic acids is 2. The number of methoxy groups -OCH3 is 1. The molecule has 1 aromatic heterocycles. The summed E-state index contributed by atoms with van der Waals surface area (Å²) < 4.78 is 5.07. The van der Waals surface area contributed by atoms with Gasteiger partial charge < -0.3 is 15.4 Å². The largest absolute Gasteiger partial charge is 0.497 e. The minimum absolute atomic E-state index is 0.0611. The van der Waals surface area contributed by atoms with E-state index in [1.54, 1.807) is 55.9 Å². The van der Waals surface area contributed by atoms with E-state index in [0.717, 1.165) is 0 Å². The van der Waals surface area contributed by atoms with Gasteiger partial charge in [-0.15, -0.1) is 0 Å². The van der Waals surface area contributed by atoms with E-state index in [1.807, 2.05) is 13.8 Å². The molecule has 1 unspecified atom stereocenters. The molecule has 0 saturated carbocycles. The first-order valence-electron chi connectivity index (χ1n) is 7.67. The first-order valence-corrected chi connectivity index (χ1v) is 7.67. The van der Waals surface area contributed by atoms with Crippen LogP contribution in [0.15, 0.2) is 48.8 Å². The topological polar surface area (TPSA) is 80.3 Å². The summed E-state index contributed by atoms with van der Waals surface area (Å²) in [4.78, 5) is 28.7. The molecule has 0 radical (unpaired) electrons. The third-order valence-electron chi connectivity index (χ3n) is 3.54. The number of anilines is 1. The average Bonchev–Trinajstić information content (AvgIpc) is 2.60. The van der Waals surface area contributed by atoms with Crippen LogP contribution >= 0.6 is 0 Å². The maximum absolute atomic E-state index is 12.5. The fourth-order valence-electron chi connectivity index (χ4n) is 2.16. The average molecular weight is 327 g/mol. The standard InChI is InChI=1S/C18H21N3O3/c1-12(2)16(18(23)20-14-8-10-19-11-9-14)21-17(22)13-4-6-15(24-3)7-5-13/h4-12,16H,1-3H3,(H,21,22)(H,19,20,23). The summed E-state index contributed by atoms with van der Waals surface area (Å²) in [5.41, 5.74) is 1.11. The summed E-state index contributed by atoms with van der Waals surface area (Å²) in [5, 5.41) is 5.57. The van der Waals surface area contributed by atoms with E-state index in [0.29, 0.717) is 17.0 Å². The van der Waals surface area contributed by atoms with Gasteiger partial charge in [-0.05, 0) is 42.3 Å². The van der Waals surface area contributed by atoms with Gasteiger partial charge in [-0.2, -0.15) is 0 Å². The van der Waals surface area contributed by atoms with E-state index < -0.39 is 6.04 Å². The number of aromatic nitrogens is 1. The van der Waals surface area contributed by atoms with Crippen molar-refractivity contribution in [1.29, 1.82) is 0 Å². The first kappa shape index (κ1) is 17.5. The van der Waals surface area contributed by atoms with Gasteiger partial charge in [0, 0.05) is 23.6 Å². The Morgan fingerprint density at radius 2 is 1.67 bits per heavy atom. The molecule has 0 spiro atoms. The summed E-state index contributed by atoms with van der Waals surface area (Å²) in [5.74, 6) is 0.0377. The molecule has 0 fully saturated rings. The first-order chi connectivity index (χ1) is 11.5. The Labute approximate surface area is 141 Å². The van der Waals surface area contributed by atoms with Gasteiger partial charge in [0.25, 0.3) is 5.91 Å². The van der Waals surface area contributed by atoms with Gasteiger partial charge in [0.2, 0.25) is 5.91 Å². The highest BCUT2D eigenvalue weighted by atomic mass is 16.5. The second kappa shape index (κ2) is 8.10. The second-order valence-electron chi connectivity index (χ2n) is 5.65. The van der Waals surface area contributed by atoms with E-state index in [4.69, 9.17) is 4.74 Å². The summed E-state index contributed by atoms with van der Waals surface area (Å²) in [6, 6.07) is 9.47. The predicted octanol–water partition coefficient (Wildman–Crippen LogP) is 2.48. The number of nitrogens with one attached hydrogen (secondary N) is 2. The number of benzene rings is 1. The summed E-state index contributed by atoms with van der Waals surface area (Å²) in [6.45, 7) is 3.76. The number of carbonyl (C=O) groups is 2. The van der Waals surface area contributed by atoms with Gasteiger partial charge in [0.1, 0.15) is 11.8 Å². The lowest BCUT2D eigenvalue weighted by Gasteiger charge is -2.21. The molecule has 1 atom stereocenters. The molecule has 6 heteroatoms. The maximum Gasteiger partial charge on any atom is 0.251 e. The van der Waals surface area contributed by atoms with Gasteiger partial charge in [0.05, 0.1) is 7.11 Å². The van der Waals surface area contributed by atoms with Crippen molar-refractivity contribution in [2.24, 2.45) is 5.92 Å². The number of amides is 2. The highest BCUT2D eigenvalue weighted by molar-refractivity contribution is 6.01. The smallest absolute Gasteiger partial charge is 0.251 e. The van der Waals surface area contributed by atoms with Crippen LogP contribution in [0.25, 0.3) is 0 Å². The van der Waals surface area contributed by atoms with E-state index in [2.05, 4.69) is 15.6 Å². The van der Waals surface area contributed by atoms with Crippen molar-refractivity contribution < 1.29 is 14.3 Å². The molecule has 2 N–H and O–H groups in total. The lowest BCUT2D eigenvalue weighted by atomic mass is 10.0. The Morgan fingerprint density at radius 3 is 2.21 bits per heavy atom. The molecule has 24 heavy (non-hydrogen) atoms. The number of ether oxygens (including phenoxy) is 1. The molecule has 1 aromatic carbocycles. The zero-order valence-corrected chi connectivity index (χ0v) is 13.9. The Kier molecular flexibility index (Phi) is 5.89. The number of rotatable bonds is 6. The summed E-state index contributed by atoms with van der Waals surface area (Å²) in [6.07, 6.45) is 3.19. The monoisotopic (exact) mass is 327 g/mol. The molecule has 126 valence electrons. The second-order valence-corrected chi connectivity index (χ2v) is 5.65. The molecule has 2 rings (SSSR count). The van der Waals surface area contributed by atoms with Gasteiger partial charge in [-0.25, -0.2) is 0 Å². The van der Waals surface area contributed by atoms with Crippen LogP contribution in [-0.2, 0) is 4.79 Å². The summed E-state index contributed by atoms with van der Waals surface area (Å²) in [7, 11) is 1.56. The zero-order chi connectivity index (χ0) is 17.5. The van der Waals surface area contributed by atoms with Gasteiger partial charge in [-0.1, -0.05) is 13.8 Å². The molecule has 6 nitrogen and oxygen atoms in total. The zero-order valence-electron chi connectivity index (χ0n) is 13.9. The Morgan fingerprint density at radius 1 is 1.04 bits per heavy atom.